The van der Waals surface area contributed by atoms with Crippen LogP contribution in [0.3, 0.4) is 0 Å². The summed E-state index contributed by atoms with van der Waals surface area (Å²) in [5.74, 6) is -0.0629. The number of hydrogen-bond acceptors (Lipinski definition) is 4. The number of aromatic nitrogens is 5. The predicted molar refractivity (Wildman–Crippen MR) is 238 cm³/mol. The lowest BCUT2D eigenvalue weighted by atomic mass is 10.0. The van der Waals surface area contributed by atoms with E-state index in [9.17, 15) is 16.4 Å². The van der Waals surface area contributed by atoms with Crippen molar-refractivity contribution in [3.05, 3.63) is 188 Å². The molecule has 0 unspecified atom stereocenters. The van der Waals surface area contributed by atoms with Crippen molar-refractivity contribution in [1.29, 1.82) is 0 Å². The van der Waals surface area contributed by atoms with E-state index in [0.717, 1.165) is 9.13 Å². The van der Waals surface area contributed by atoms with Crippen LogP contribution in [0.4, 0.5) is 0 Å². The molecule has 0 amide bonds. The SMILES string of the molecule is [2H]c1c([2H])c([2H])c(-n2c3c([2H])c([2H])c([2H])c(-c4nc(-c5ccccc5)nc(-c5ccccc5)n4)c3c3c([2H])c4c(sc5c(-n6c7c([2H])c([2H])c([2H])c([2H])c7c7c([2H])c([2H])c([2H])c([2H])c76)c([2H])c([2H])c([2H])c54)c([2H])c32)c([2H])c1[2H]. The third-order valence-corrected chi connectivity index (χ3v) is 10.8. The third kappa shape index (κ3) is 4.91. The summed E-state index contributed by atoms with van der Waals surface area (Å²) in [7, 11) is 0. The first-order valence-corrected chi connectivity index (χ1v) is 18.2. The molecular weight excluding hydrogens is 715 g/mol. The van der Waals surface area contributed by atoms with Gasteiger partial charge in [0.1, 0.15) is 0 Å². The summed E-state index contributed by atoms with van der Waals surface area (Å²) < 4.78 is 195. The van der Waals surface area contributed by atoms with E-state index >= 15 is 0 Å². The van der Waals surface area contributed by atoms with Crippen LogP contribution in [0.5, 0.6) is 0 Å². The Morgan fingerprint density at radius 2 is 1.02 bits per heavy atom. The van der Waals surface area contributed by atoms with Crippen molar-refractivity contribution in [2.75, 3.05) is 0 Å². The lowest BCUT2D eigenvalue weighted by Gasteiger charge is -2.10. The monoisotopic (exact) mass is 766 g/mol. The van der Waals surface area contributed by atoms with Crippen LogP contribution in [0.15, 0.2) is 188 Å². The zero-order valence-electron chi connectivity index (χ0n) is 49.9. The molecule has 0 aliphatic carbocycles. The standard InChI is InChI=1S/C51H31N5S/c1-4-16-32(17-5-1)49-52-50(33-18-6-2-7-19-33)54-51(53-49)38-25-15-28-43-47(38)40-30-39-37-24-14-29-44(56-41-26-12-10-22-35(41)36-23-11-13-27-42(36)56)48(37)57-46(39)31-45(40)55(43)34-20-8-3-9-21-34/h1-31H/i3D,8D,9D,10D,11D,12D,13D,14D,15D,20D,21D,22D,23D,24D,25D,26D,27D,28D,29D,30D,31D. The highest BCUT2D eigenvalue weighted by Crippen LogP contribution is 2.45. The predicted octanol–water partition coefficient (Wildman–Crippen LogP) is 13.4. The molecule has 6 heteroatoms. The summed E-state index contributed by atoms with van der Waals surface area (Å²) in [6, 6.07) is 2.19. The van der Waals surface area contributed by atoms with Crippen molar-refractivity contribution < 1.29 is 28.8 Å². The van der Waals surface area contributed by atoms with Crippen LogP contribution in [-0.4, -0.2) is 24.1 Å². The van der Waals surface area contributed by atoms with Crippen molar-refractivity contribution in [2.45, 2.75) is 0 Å². The fraction of sp³-hybridized carbons (Fsp3) is 0. The molecule has 0 radical (unpaired) electrons. The smallest absolute Gasteiger partial charge is 0.164 e. The number of benzene rings is 8. The Balaban J connectivity index is 1.34. The van der Waals surface area contributed by atoms with Gasteiger partial charge in [0.15, 0.2) is 17.5 Å². The lowest BCUT2D eigenvalue weighted by molar-refractivity contribution is 1.08. The van der Waals surface area contributed by atoms with Crippen molar-refractivity contribution >= 4 is 75.1 Å². The highest BCUT2D eigenvalue weighted by atomic mass is 32.1. The number of para-hydroxylation sites is 3. The molecule has 4 aromatic heterocycles. The Kier molecular flexibility index (Phi) is 3.88. The summed E-state index contributed by atoms with van der Waals surface area (Å²) in [6.45, 7) is 0. The maximum atomic E-state index is 10.4. The van der Waals surface area contributed by atoms with Crippen LogP contribution < -0.4 is 0 Å². The Morgan fingerprint density at radius 3 is 1.70 bits per heavy atom. The van der Waals surface area contributed by atoms with Crippen molar-refractivity contribution in [3.8, 4) is 45.5 Å². The van der Waals surface area contributed by atoms with Crippen molar-refractivity contribution in [2.24, 2.45) is 0 Å². The average Bonchev–Trinajstić information content (AvgIpc) is 3.38. The Labute approximate surface area is 360 Å². The average molecular weight is 767 g/mol. The zero-order valence-corrected chi connectivity index (χ0v) is 29.7. The van der Waals surface area contributed by atoms with E-state index in [1.807, 2.05) is 0 Å². The van der Waals surface area contributed by atoms with Crippen LogP contribution in [0, 0.1) is 0 Å². The topological polar surface area (TPSA) is 48.5 Å². The van der Waals surface area contributed by atoms with Gasteiger partial charge >= 0.3 is 0 Å². The summed E-state index contributed by atoms with van der Waals surface area (Å²) >= 11 is 0.672. The van der Waals surface area contributed by atoms with Gasteiger partial charge in [-0.3, -0.25) is 0 Å². The van der Waals surface area contributed by atoms with E-state index < -0.39 is 149 Å². The van der Waals surface area contributed by atoms with E-state index in [0.29, 0.717) is 22.5 Å². The normalized spacial score (nSPS) is 17.0. The summed E-state index contributed by atoms with van der Waals surface area (Å²) in [4.78, 5) is 14.4. The first-order chi connectivity index (χ1) is 37.0. The first-order valence-electron chi connectivity index (χ1n) is 27.9. The number of rotatable bonds is 5. The van der Waals surface area contributed by atoms with Crippen molar-refractivity contribution in [3.63, 3.8) is 0 Å². The van der Waals surface area contributed by atoms with Crippen LogP contribution in [0.1, 0.15) is 28.8 Å². The summed E-state index contributed by atoms with van der Waals surface area (Å²) in [6.07, 6.45) is 0. The molecule has 0 aliphatic rings. The molecule has 0 saturated heterocycles. The molecule has 0 atom stereocenters. The minimum absolute atomic E-state index is 0.0988. The van der Waals surface area contributed by atoms with Gasteiger partial charge in [-0.05, 0) is 48.3 Å². The second-order valence-electron chi connectivity index (χ2n) is 12.8. The molecule has 0 bridgehead atoms. The number of nitrogens with zero attached hydrogens (tertiary/aromatic N) is 5. The van der Waals surface area contributed by atoms with Gasteiger partial charge in [-0.1, -0.05) is 139 Å². The van der Waals surface area contributed by atoms with Crippen LogP contribution in [0.2, 0.25) is 0 Å². The first kappa shape index (κ1) is 17.6. The van der Waals surface area contributed by atoms with Gasteiger partial charge in [0, 0.05) is 59.4 Å². The van der Waals surface area contributed by atoms with Gasteiger partial charge in [-0.15, -0.1) is 11.3 Å². The largest absolute Gasteiger partial charge is 0.309 e. The number of thiophene rings is 1. The van der Waals surface area contributed by atoms with Gasteiger partial charge in [0.2, 0.25) is 0 Å². The molecule has 0 spiro atoms. The molecule has 0 fully saturated rings. The molecule has 0 aliphatic heterocycles. The summed E-state index contributed by atoms with van der Waals surface area (Å²) in [5.41, 5.74) is -1.87. The maximum Gasteiger partial charge on any atom is 0.164 e. The zero-order chi connectivity index (χ0) is 55.7. The minimum Gasteiger partial charge on any atom is -0.309 e. The fourth-order valence-corrected chi connectivity index (χ4v) is 8.33. The quantitative estimate of drug-likeness (QED) is 0.175. The third-order valence-electron chi connectivity index (χ3n) is 9.65. The highest BCUT2D eigenvalue weighted by molar-refractivity contribution is 7.26. The fourth-order valence-electron chi connectivity index (χ4n) is 7.23. The molecule has 5 nitrogen and oxygen atoms in total. The minimum atomic E-state index is -0.814. The molecule has 12 aromatic rings. The van der Waals surface area contributed by atoms with Gasteiger partial charge in [0.05, 0.1) is 61.2 Å². The molecule has 12 rings (SSSR count). The van der Waals surface area contributed by atoms with Gasteiger partial charge in [-0.2, -0.15) is 0 Å². The molecule has 57 heavy (non-hydrogen) atoms. The highest BCUT2D eigenvalue weighted by Gasteiger charge is 2.22. The van der Waals surface area contributed by atoms with E-state index in [2.05, 4.69) is 0 Å². The Bertz CT molecular complexity index is 4590. The second kappa shape index (κ2) is 12.6. The van der Waals surface area contributed by atoms with Gasteiger partial charge < -0.3 is 9.13 Å². The Hall–Kier alpha value is -7.41. The van der Waals surface area contributed by atoms with Gasteiger partial charge in [0.25, 0.3) is 0 Å². The molecule has 0 N–H and O–H groups in total. The van der Waals surface area contributed by atoms with E-state index in [1.165, 1.54) is 0 Å². The number of fused-ring (bicyclic) bond motifs is 9. The van der Waals surface area contributed by atoms with E-state index in [1.54, 1.807) is 60.7 Å². The second-order valence-corrected chi connectivity index (χ2v) is 13.8. The van der Waals surface area contributed by atoms with Crippen LogP contribution >= 0.6 is 11.3 Å². The molecule has 8 aromatic carbocycles. The maximum absolute atomic E-state index is 10.4. The molecule has 4 heterocycles. The molecule has 266 valence electrons. The van der Waals surface area contributed by atoms with Crippen molar-refractivity contribution in [1.82, 2.24) is 24.1 Å². The molecule has 0 saturated carbocycles. The summed E-state index contributed by atoms with van der Waals surface area (Å²) in [5, 5.41) is -1.74. The molecular formula is C51H31N5S. The van der Waals surface area contributed by atoms with Crippen LogP contribution in [0.25, 0.3) is 109 Å². The van der Waals surface area contributed by atoms with E-state index in [4.69, 9.17) is 27.3 Å². The van der Waals surface area contributed by atoms with Gasteiger partial charge in [-0.25, -0.2) is 15.0 Å². The Morgan fingerprint density at radius 1 is 0.439 bits per heavy atom. The number of hydrogen-bond donors (Lipinski definition) is 0. The lowest BCUT2D eigenvalue weighted by Crippen LogP contribution is -2.00. The van der Waals surface area contributed by atoms with Crippen LogP contribution in [-0.2, 0) is 0 Å². The van der Waals surface area contributed by atoms with E-state index in [-0.39, 0.29) is 75.8 Å².